The normalized spacial score (nSPS) is 19.4. The predicted octanol–water partition coefficient (Wildman–Crippen LogP) is 3.83. The molecule has 1 aromatic heterocycles. The van der Waals surface area contributed by atoms with E-state index >= 15 is 0 Å². The van der Waals surface area contributed by atoms with E-state index in [4.69, 9.17) is 0 Å². The number of nitrogens with one attached hydrogen (secondary N) is 1. The first-order valence-corrected chi connectivity index (χ1v) is 11.0. The number of H-pyrrole nitrogens is 1. The number of carbonyl (C=O) groups is 1. The van der Waals surface area contributed by atoms with Gasteiger partial charge in [-0.3, -0.25) is 14.6 Å². The Kier molecular flexibility index (Phi) is 5.79. The largest absolute Gasteiger partial charge is 0.361 e. The number of amides is 1. The van der Waals surface area contributed by atoms with Crippen molar-refractivity contribution in [3.05, 3.63) is 41.6 Å². The number of aromatic amines is 1. The van der Waals surface area contributed by atoms with E-state index in [1.165, 1.54) is 16.5 Å². The molecule has 2 aliphatic heterocycles. The van der Waals surface area contributed by atoms with Gasteiger partial charge in [-0.25, -0.2) is 0 Å². The van der Waals surface area contributed by atoms with Crippen molar-refractivity contribution >= 4 is 22.4 Å². The van der Waals surface area contributed by atoms with E-state index in [1.807, 2.05) is 17.0 Å². The van der Waals surface area contributed by atoms with Crippen molar-refractivity contribution in [2.75, 3.05) is 39.3 Å². The average molecular weight is 395 g/mol. The number of benzene rings is 1. The quantitative estimate of drug-likeness (QED) is 0.857. The molecule has 29 heavy (non-hydrogen) atoms. The number of rotatable bonds is 4. The van der Waals surface area contributed by atoms with E-state index in [0.29, 0.717) is 12.1 Å². The van der Waals surface area contributed by atoms with E-state index < -0.39 is 0 Å². The number of aromatic nitrogens is 1. The summed E-state index contributed by atoms with van der Waals surface area (Å²) in [4.78, 5) is 23.3. The van der Waals surface area contributed by atoms with Gasteiger partial charge < -0.3 is 9.88 Å². The molecule has 3 heterocycles. The Bertz CT molecular complexity index is 903. The molecule has 5 nitrogen and oxygen atoms in total. The van der Waals surface area contributed by atoms with Crippen molar-refractivity contribution in [2.45, 2.75) is 46.2 Å². The van der Waals surface area contributed by atoms with Gasteiger partial charge in [0.2, 0.25) is 0 Å². The van der Waals surface area contributed by atoms with Crippen molar-refractivity contribution in [3.8, 4) is 0 Å². The third-order valence-corrected chi connectivity index (χ3v) is 6.58. The zero-order chi connectivity index (χ0) is 20.5. The second-order valence-corrected chi connectivity index (χ2v) is 8.95. The summed E-state index contributed by atoms with van der Waals surface area (Å²) in [6.07, 6.45) is 5.54. The number of hydrogen-bond donors (Lipinski definition) is 1. The number of carbonyl (C=O) groups excluding carboxylic acids is 1. The van der Waals surface area contributed by atoms with Gasteiger partial charge in [0.1, 0.15) is 0 Å². The number of nitrogens with zero attached hydrogens (tertiary/aromatic N) is 3. The van der Waals surface area contributed by atoms with Crippen LogP contribution in [-0.2, 0) is 0 Å². The summed E-state index contributed by atoms with van der Waals surface area (Å²) >= 11 is 0. The molecule has 1 saturated heterocycles. The van der Waals surface area contributed by atoms with Crippen molar-refractivity contribution in [2.24, 2.45) is 0 Å². The van der Waals surface area contributed by atoms with Gasteiger partial charge in [0.15, 0.2) is 0 Å². The lowest BCUT2D eigenvalue weighted by atomic mass is 9.97. The maximum atomic E-state index is 13.0. The van der Waals surface area contributed by atoms with Crippen LogP contribution in [0.4, 0.5) is 0 Å². The Morgan fingerprint density at radius 1 is 0.966 bits per heavy atom. The molecule has 0 saturated carbocycles. The van der Waals surface area contributed by atoms with Gasteiger partial charge in [-0.2, -0.15) is 0 Å². The predicted molar refractivity (Wildman–Crippen MR) is 120 cm³/mol. The summed E-state index contributed by atoms with van der Waals surface area (Å²) in [5, 5.41) is 1.22. The monoisotopic (exact) mass is 394 g/mol. The average Bonchev–Trinajstić information content (AvgIpc) is 3.16. The fourth-order valence-electron chi connectivity index (χ4n) is 4.55. The summed E-state index contributed by atoms with van der Waals surface area (Å²) in [5.41, 5.74) is 4.54. The Balaban J connectivity index is 1.49. The van der Waals surface area contributed by atoms with Crippen LogP contribution in [0.5, 0.6) is 0 Å². The number of piperazine rings is 1. The first-order valence-electron chi connectivity index (χ1n) is 11.0. The molecule has 0 spiro atoms. The molecule has 0 bridgehead atoms. The van der Waals surface area contributed by atoms with Gasteiger partial charge in [0.25, 0.3) is 5.91 Å². The van der Waals surface area contributed by atoms with Crippen LogP contribution in [0.3, 0.4) is 0 Å². The molecule has 5 heteroatoms. The van der Waals surface area contributed by atoms with E-state index in [2.05, 4.69) is 60.8 Å². The van der Waals surface area contributed by atoms with Crippen LogP contribution in [0.1, 0.15) is 50.0 Å². The molecular weight excluding hydrogens is 360 g/mol. The second-order valence-electron chi connectivity index (χ2n) is 8.95. The number of fused-ring (bicyclic) bond motifs is 1. The molecule has 2 aromatic rings. The van der Waals surface area contributed by atoms with Crippen molar-refractivity contribution < 1.29 is 4.79 Å². The van der Waals surface area contributed by atoms with Crippen LogP contribution in [0.25, 0.3) is 16.5 Å². The fourth-order valence-corrected chi connectivity index (χ4v) is 4.55. The highest BCUT2D eigenvalue weighted by molar-refractivity contribution is 6.00. The molecular formula is C24H34N4O. The van der Waals surface area contributed by atoms with Gasteiger partial charge in [0, 0.05) is 79.6 Å². The van der Waals surface area contributed by atoms with Crippen LogP contribution in [0.15, 0.2) is 30.5 Å². The van der Waals surface area contributed by atoms with Gasteiger partial charge in [0.05, 0.1) is 0 Å². The third kappa shape index (κ3) is 4.12. The first-order chi connectivity index (χ1) is 13.9. The topological polar surface area (TPSA) is 42.6 Å². The standard InChI is InChI=1S/C24H34N4O/c1-17(2)26-9-7-19(8-10-26)22-16-25-23-15-20(5-6-21(22)23)24(29)28-13-11-27(12-14-28)18(3)4/h5-7,15-18,25H,8-14H2,1-4H3. The molecule has 1 fully saturated rings. The van der Waals surface area contributed by atoms with Crippen LogP contribution in [0, 0.1) is 0 Å². The molecule has 0 atom stereocenters. The summed E-state index contributed by atoms with van der Waals surface area (Å²) < 4.78 is 0. The van der Waals surface area contributed by atoms with Gasteiger partial charge >= 0.3 is 0 Å². The van der Waals surface area contributed by atoms with E-state index in [1.54, 1.807) is 0 Å². The van der Waals surface area contributed by atoms with Crippen molar-refractivity contribution in [1.82, 2.24) is 19.7 Å². The van der Waals surface area contributed by atoms with Crippen molar-refractivity contribution in [3.63, 3.8) is 0 Å². The summed E-state index contributed by atoms with van der Waals surface area (Å²) in [6, 6.07) is 7.28. The van der Waals surface area contributed by atoms with E-state index in [-0.39, 0.29) is 5.91 Å². The summed E-state index contributed by atoms with van der Waals surface area (Å²) in [7, 11) is 0. The minimum absolute atomic E-state index is 0.149. The minimum atomic E-state index is 0.149. The highest BCUT2D eigenvalue weighted by atomic mass is 16.2. The highest BCUT2D eigenvalue weighted by Crippen LogP contribution is 2.30. The molecule has 1 amide bonds. The van der Waals surface area contributed by atoms with Crippen LogP contribution in [0.2, 0.25) is 0 Å². The lowest BCUT2D eigenvalue weighted by Gasteiger charge is -2.37. The smallest absolute Gasteiger partial charge is 0.254 e. The maximum absolute atomic E-state index is 13.0. The SMILES string of the molecule is CC(C)N1CC=C(c2c[nH]c3cc(C(=O)N4CCN(C(C)C)CC4)ccc23)CC1. The lowest BCUT2D eigenvalue weighted by Crippen LogP contribution is -2.50. The Hall–Kier alpha value is -2.11. The fraction of sp³-hybridized carbons (Fsp3) is 0.542. The molecule has 2 aliphatic rings. The zero-order valence-corrected chi connectivity index (χ0v) is 18.2. The zero-order valence-electron chi connectivity index (χ0n) is 18.2. The Labute approximate surface area is 174 Å². The second kappa shape index (κ2) is 8.33. The Morgan fingerprint density at radius 3 is 2.31 bits per heavy atom. The lowest BCUT2D eigenvalue weighted by molar-refractivity contribution is 0.0595. The summed E-state index contributed by atoms with van der Waals surface area (Å²) in [5.74, 6) is 0.149. The molecule has 0 aliphatic carbocycles. The van der Waals surface area contributed by atoms with Gasteiger partial charge in [-0.1, -0.05) is 12.1 Å². The summed E-state index contributed by atoms with van der Waals surface area (Å²) in [6.45, 7) is 14.6. The molecule has 0 unspecified atom stereocenters. The van der Waals surface area contributed by atoms with E-state index in [9.17, 15) is 4.79 Å². The highest BCUT2D eigenvalue weighted by Gasteiger charge is 2.24. The third-order valence-electron chi connectivity index (χ3n) is 6.58. The molecule has 0 radical (unpaired) electrons. The van der Waals surface area contributed by atoms with E-state index in [0.717, 1.165) is 56.8 Å². The molecule has 1 aromatic carbocycles. The van der Waals surface area contributed by atoms with Crippen LogP contribution < -0.4 is 0 Å². The Morgan fingerprint density at radius 2 is 1.69 bits per heavy atom. The van der Waals surface area contributed by atoms with Crippen LogP contribution in [-0.4, -0.2) is 76.9 Å². The van der Waals surface area contributed by atoms with Gasteiger partial charge in [-0.15, -0.1) is 0 Å². The minimum Gasteiger partial charge on any atom is -0.361 e. The number of hydrogen-bond acceptors (Lipinski definition) is 3. The molecule has 4 rings (SSSR count). The van der Waals surface area contributed by atoms with Gasteiger partial charge in [-0.05, 0) is 51.8 Å². The van der Waals surface area contributed by atoms with Crippen LogP contribution >= 0.6 is 0 Å². The maximum Gasteiger partial charge on any atom is 0.254 e. The first kappa shape index (κ1) is 20.2. The molecule has 156 valence electrons. The molecule has 1 N–H and O–H groups in total. The van der Waals surface area contributed by atoms with Crippen molar-refractivity contribution in [1.29, 1.82) is 0 Å².